The molecule has 1 aliphatic heterocycles. The lowest BCUT2D eigenvalue weighted by Crippen LogP contribution is -2.35. The number of piperidine rings is 1. The van der Waals surface area contributed by atoms with Crippen molar-refractivity contribution in [2.45, 2.75) is 26.3 Å². The Morgan fingerprint density at radius 2 is 2.05 bits per heavy atom. The van der Waals surface area contributed by atoms with Gasteiger partial charge in [-0.05, 0) is 74.5 Å². The molecule has 2 heterocycles. The van der Waals surface area contributed by atoms with Gasteiger partial charge in [-0.2, -0.15) is 0 Å². The number of fused-ring (bicyclic) bond motifs is 1. The maximum absolute atomic E-state index is 5.74. The second-order valence-corrected chi connectivity index (χ2v) is 5.83. The second kappa shape index (κ2) is 5.35. The highest BCUT2D eigenvalue weighted by Crippen LogP contribution is 2.21. The second-order valence-electron chi connectivity index (χ2n) is 5.83. The van der Waals surface area contributed by atoms with Gasteiger partial charge in [-0.25, -0.2) is 0 Å². The minimum Gasteiger partial charge on any atom is -0.359 e. The number of aryl methyl sites for hydroxylation is 1. The highest BCUT2D eigenvalue weighted by atomic mass is 15.1. The van der Waals surface area contributed by atoms with Gasteiger partial charge in [0.25, 0.3) is 0 Å². The van der Waals surface area contributed by atoms with Gasteiger partial charge in [0.1, 0.15) is 0 Å². The van der Waals surface area contributed by atoms with E-state index in [9.17, 15) is 0 Å². The Balaban J connectivity index is 1.68. The van der Waals surface area contributed by atoms with Crippen LogP contribution in [0.1, 0.15) is 24.1 Å². The lowest BCUT2D eigenvalue weighted by molar-refractivity contribution is 0.180. The van der Waals surface area contributed by atoms with Crippen LogP contribution in [0.15, 0.2) is 24.3 Å². The molecule has 0 atom stereocenters. The molecule has 1 fully saturated rings. The van der Waals surface area contributed by atoms with Crippen LogP contribution in [0.4, 0.5) is 0 Å². The summed E-state index contributed by atoms with van der Waals surface area (Å²) in [6.45, 7) is 6.40. The lowest BCUT2D eigenvalue weighted by atomic mass is 9.97. The SMILES string of the molecule is Cc1cc2cc(CN3CCC(CN)CC3)ccc2[nH]1. The molecule has 3 N–H and O–H groups in total. The molecule has 1 saturated heterocycles. The van der Waals surface area contributed by atoms with Gasteiger partial charge >= 0.3 is 0 Å². The number of nitrogens with zero attached hydrogens (tertiary/aromatic N) is 1. The quantitative estimate of drug-likeness (QED) is 0.888. The van der Waals surface area contributed by atoms with E-state index >= 15 is 0 Å². The van der Waals surface area contributed by atoms with E-state index in [4.69, 9.17) is 5.73 Å². The molecule has 102 valence electrons. The number of nitrogens with two attached hydrogens (primary N) is 1. The largest absolute Gasteiger partial charge is 0.359 e. The van der Waals surface area contributed by atoms with Gasteiger partial charge in [-0.3, -0.25) is 4.90 Å². The standard InChI is InChI=1S/C16H23N3/c1-12-8-15-9-14(2-3-16(15)18-12)11-19-6-4-13(10-17)5-7-19/h2-3,8-9,13,18H,4-7,10-11,17H2,1H3. The number of hydrogen-bond donors (Lipinski definition) is 2. The minimum absolute atomic E-state index is 0.742. The molecule has 0 bridgehead atoms. The first-order valence-corrected chi connectivity index (χ1v) is 7.25. The molecule has 1 aromatic carbocycles. The van der Waals surface area contributed by atoms with Gasteiger partial charge in [0, 0.05) is 17.8 Å². The van der Waals surface area contributed by atoms with Crippen LogP contribution >= 0.6 is 0 Å². The summed E-state index contributed by atoms with van der Waals surface area (Å²) in [5.74, 6) is 0.742. The molecule has 1 aromatic heterocycles. The van der Waals surface area contributed by atoms with Crippen LogP contribution < -0.4 is 5.73 Å². The predicted molar refractivity (Wildman–Crippen MR) is 80.1 cm³/mol. The fraction of sp³-hybridized carbons (Fsp3) is 0.500. The van der Waals surface area contributed by atoms with E-state index < -0.39 is 0 Å². The van der Waals surface area contributed by atoms with E-state index in [0.717, 1.165) is 19.0 Å². The summed E-state index contributed by atoms with van der Waals surface area (Å²) in [5, 5.41) is 1.33. The zero-order valence-electron chi connectivity index (χ0n) is 11.7. The van der Waals surface area contributed by atoms with Crippen LogP contribution in [0.3, 0.4) is 0 Å². The van der Waals surface area contributed by atoms with Crippen LogP contribution in [0.25, 0.3) is 10.9 Å². The molecule has 1 aliphatic rings. The first-order valence-electron chi connectivity index (χ1n) is 7.25. The monoisotopic (exact) mass is 257 g/mol. The third kappa shape index (κ3) is 2.82. The Kier molecular flexibility index (Phi) is 3.58. The van der Waals surface area contributed by atoms with E-state index in [1.807, 2.05) is 0 Å². The summed E-state index contributed by atoms with van der Waals surface area (Å²) in [4.78, 5) is 5.92. The molecule has 3 heteroatoms. The summed E-state index contributed by atoms with van der Waals surface area (Å²) in [5.41, 5.74) is 9.63. The van der Waals surface area contributed by atoms with E-state index in [-0.39, 0.29) is 0 Å². The van der Waals surface area contributed by atoms with E-state index in [2.05, 4.69) is 41.1 Å². The van der Waals surface area contributed by atoms with Crippen LogP contribution in [-0.4, -0.2) is 29.5 Å². The van der Waals surface area contributed by atoms with Crippen molar-refractivity contribution >= 4 is 10.9 Å². The third-order valence-electron chi connectivity index (χ3n) is 4.27. The molecule has 0 spiro atoms. The molecular formula is C16H23N3. The topological polar surface area (TPSA) is 45.0 Å². The van der Waals surface area contributed by atoms with Gasteiger partial charge in [-0.1, -0.05) is 6.07 Å². The summed E-state index contributed by atoms with van der Waals surface area (Å²) in [7, 11) is 0. The number of rotatable bonds is 3. The molecule has 3 nitrogen and oxygen atoms in total. The number of H-pyrrole nitrogens is 1. The fourth-order valence-electron chi connectivity index (χ4n) is 3.06. The zero-order chi connectivity index (χ0) is 13.2. The van der Waals surface area contributed by atoms with Crippen molar-refractivity contribution in [2.75, 3.05) is 19.6 Å². The molecule has 0 aliphatic carbocycles. The summed E-state index contributed by atoms with van der Waals surface area (Å²) >= 11 is 0. The van der Waals surface area contributed by atoms with Gasteiger partial charge < -0.3 is 10.7 Å². The van der Waals surface area contributed by atoms with Crippen LogP contribution in [0, 0.1) is 12.8 Å². The maximum Gasteiger partial charge on any atom is 0.0456 e. The minimum atomic E-state index is 0.742. The molecular weight excluding hydrogens is 234 g/mol. The van der Waals surface area contributed by atoms with Gasteiger partial charge in [-0.15, -0.1) is 0 Å². The predicted octanol–water partition coefficient (Wildman–Crippen LogP) is 2.65. The van der Waals surface area contributed by atoms with E-state index in [1.165, 1.54) is 48.1 Å². The Morgan fingerprint density at radius 1 is 1.26 bits per heavy atom. The van der Waals surface area contributed by atoms with Crippen molar-refractivity contribution < 1.29 is 0 Å². The molecule has 2 aromatic rings. The number of hydrogen-bond acceptors (Lipinski definition) is 2. The summed E-state index contributed by atoms with van der Waals surface area (Å²) < 4.78 is 0. The van der Waals surface area contributed by atoms with Crippen molar-refractivity contribution in [3.63, 3.8) is 0 Å². The normalized spacial score (nSPS) is 18.2. The third-order valence-corrected chi connectivity index (χ3v) is 4.27. The first-order chi connectivity index (χ1) is 9.24. The average molecular weight is 257 g/mol. The zero-order valence-corrected chi connectivity index (χ0v) is 11.7. The maximum atomic E-state index is 5.74. The molecule has 0 amide bonds. The smallest absolute Gasteiger partial charge is 0.0456 e. The lowest BCUT2D eigenvalue weighted by Gasteiger charge is -2.31. The number of aromatic nitrogens is 1. The Labute approximate surface area is 114 Å². The number of benzene rings is 1. The summed E-state index contributed by atoms with van der Waals surface area (Å²) in [6, 6.07) is 8.98. The molecule has 19 heavy (non-hydrogen) atoms. The van der Waals surface area contributed by atoms with Gasteiger partial charge in [0.05, 0.1) is 0 Å². The highest BCUT2D eigenvalue weighted by Gasteiger charge is 2.17. The van der Waals surface area contributed by atoms with Crippen LogP contribution in [0.5, 0.6) is 0 Å². The number of nitrogens with one attached hydrogen (secondary N) is 1. The van der Waals surface area contributed by atoms with Gasteiger partial charge in [0.2, 0.25) is 0 Å². The van der Waals surface area contributed by atoms with Crippen molar-refractivity contribution in [3.05, 3.63) is 35.5 Å². The Hall–Kier alpha value is -1.32. The molecule has 0 saturated carbocycles. The highest BCUT2D eigenvalue weighted by molar-refractivity contribution is 5.81. The van der Waals surface area contributed by atoms with E-state index in [0.29, 0.717) is 0 Å². The average Bonchev–Trinajstić information content (AvgIpc) is 2.79. The van der Waals surface area contributed by atoms with Crippen molar-refractivity contribution in [2.24, 2.45) is 11.7 Å². The fourth-order valence-corrected chi connectivity index (χ4v) is 3.06. The van der Waals surface area contributed by atoms with Crippen LogP contribution in [-0.2, 0) is 6.54 Å². The number of likely N-dealkylation sites (tertiary alicyclic amines) is 1. The first kappa shape index (κ1) is 12.7. The Morgan fingerprint density at radius 3 is 2.79 bits per heavy atom. The van der Waals surface area contributed by atoms with Crippen molar-refractivity contribution in [1.82, 2.24) is 9.88 Å². The molecule has 0 unspecified atom stereocenters. The number of aromatic amines is 1. The Bertz CT molecular complexity index is 550. The van der Waals surface area contributed by atoms with E-state index in [1.54, 1.807) is 0 Å². The van der Waals surface area contributed by atoms with Crippen molar-refractivity contribution in [1.29, 1.82) is 0 Å². The van der Waals surface area contributed by atoms with Crippen molar-refractivity contribution in [3.8, 4) is 0 Å². The van der Waals surface area contributed by atoms with Gasteiger partial charge in [0.15, 0.2) is 0 Å². The van der Waals surface area contributed by atoms with Crippen LogP contribution in [0.2, 0.25) is 0 Å². The summed E-state index contributed by atoms with van der Waals surface area (Å²) in [6.07, 6.45) is 2.50. The molecule has 3 rings (SSSR count). The molecule has 0 radical (unpaired) electrons.